The van der Waals surface area contributed by atoms with E-state index in [-0.39, 0.29) is 6.54 Å². The van der Waals surface area contributed by atoms with Crippen LogP contribution in [0.15, 0.2) is 11.5 Å². The number of aryl methyl sites for hydroxylation is 1. The van der Waals surface area contributed by atoms with Crippen molar-refractivity contribution < 1.29 is 14.7 Å². The van der Waals surface area contributed by atoms with Crippen molar-refractivity contribution in [2.45, 2.75) is 45.4 Å². The van der Waals surface area contributed by atoms with E-state index in [9.17, 15) is 9.59 Å². The number of thiazole rings is 1. The molecule has 1 heterocycles. The molecule has 0 saturated heterocycles. The minimum atomic E-state index is -1.06. The highest BCUT2D eigenvalue weighted by atomic mass is 32.1. The highest BCUT2D eigenvalue weighted by Crippen LogP contribution is 2.15. The van der Waals surface area contributed by atoms with Crippen molar-refractivity contribution in [3.63, 3.8) is 0 Å². The molecule has 5 nitrogen and oxygen atoms in total. The van der Waals surface area contributed by atoms with Crippen LogP contribution in [0.2, 0.25) is 0 Å². The van der Waals surface area contributed by atoms with Gasteiger partial charge in [-0.2, -0.15) is 0 Å². The SMILES string of the molecule is CCCCCCCc1nc(/C=C/C(=O)NCC(=O)O)cs1. The molecule has 21 heavy (non-hydrogen) atoms. The number of aliphatic carboxylic acids is 1. The maximum absolute atomic E-state index is 11.3. The molecule has 116 valence electrons. The minimum absolute atomic E-state index is 0.372. The van der Waals surface area contributed by atoms with Crippen molar-refractivity contribution in [2.75, 3.05) is 6.54 Å². The summed E-state index contributed by atoms with van der Waals surface area (Å²) in [6.45, 7) is 1.83. The van der Waals surface area contributed by atoms with Gasteiger partial charge >= 0.3 is 5.97 Å². The van der Waals surface area contributed by atoms with Gasteiger partial charge in [-0.1, -0.05) is 32.6 Å². The summed E-state index contributed by atoms with van der Waals surface area (Å²) in [5.41, 5.74) is 0.744. The van der Waals surface area contributed by atoms with Crippen molar-refractivity contribution in [1.29, 1.82) is 0 Å². The average molecular weight is 310 g/mol. The fraction of sp³-hybridized carbons (Fsp3) is 0.533. The van der Waals surface area contributed by atoms with Crippen molar-refractivity contribution in [1.82, 2.24) is 10.3 Å². The molecule has 1 aromatic heterocycles. The molecule has 0 aliphatic heterocycles. The van der Waals surface area contributed by atoms with Crippen LogP contribution in [-0.4, -0.2) is 28.5 Å². The molecule has 0 bridgehead atoms. The molecule has 2 N–H and O–H groups in total. The Morgan fingerprint density at radius 1 is 1.33 bits per heavy atom. The molecule has 1 aromatic rings. The Hall–Kier alpha value is -1.69. The third kappa shape index (κ3) is 8.24. The molecule has 0 fully saturated rings. The lowest BCUT2D eigenvalue weighted by Gasteiger charge is -1.97. The van der Waals surface area contributed by atoms with E-state index in [1.54, 1.807) is 17.4 Å². The van der Waals surface area contributed by atoms with Gasteiger partial charge in [-0.3, -0.25) is 9.59 Å². The van der Waals surface area contributed by atoms with Crippen LogP contribution in [0.4, 0.5) is 0 Å². The number of rotatable bonds is 10. The van der Waals surface area contributed by atoms with Crippen LogP contribution in [0.3, 0.4) is 0 Å². The summed E-state index contributed by atoms with van der Waals surface area (Å²) >= 11 is 1.60. The standard InChI is InChI=1S/C15H22N2O3S/c1-2-3-4-5-6-7-14-17-12(11-21-14)8-9-13(18)16-10-15(19)20/h8-9,11H,2-7,10H2,1H3,(H,16,18)(H,19,20)/b9-8+. The van der Waals surface area contributed by atoms with Gasteiger partial charge in [0.1, 0.15) is 6.54 Å². The number of amides is 1. The van der Waals surface area contributed by atoms with Gasteiger partial charge in [0.15, 0.2) is 0 Å². The lowest BCUT2D eigenvalue weighted by molar-refractivity contribution is -0.137. The van der Waals surface area contributed by atoms with Gasteiger partial charge in [0, 0.05) is 11.5 Å². The molecule has 6 heteroatoms. The molecular weight excluding hydrogens is 288 g/mol. The quantitative estimate of drug-likeness (QED) is 0.514. The zero-order valence-corrected chi connectivity index (χ0v) is 13.1. The zero-order valence-electron chi connectivity index (χ0n) is 12.3. The van der Waals surface area contributed by atoms with E-state index in [4.69, 9.17) is 5.11 Å². The van der Waals surface area contributed by atoms with E-state index in [1.807, 2.05) is 5.38 Å². The molecule has 0 saturated carbocycles. The number of carboxylic acids is 1. The Balaban J connectivity index is 2.30. The second-order valence-corrected chi connectivity index (χ2v) is 5.72. The Kier molecular flexibility index (Phi) is 8.35. The summed E-state index contributed by atoms with van der Waals surface area (Å²) in [5, 5.41) is 13.7. The molecular formula is C15H22N2O3S. The molecule has 0 radical (unpaired) electrons. The third-order valence-electron chi connectivity index (χ3n) is 2.88. The fourth-order valence-electron chi connectivity index (χ4n) is 1.78. The number of carboxylic acid groups (broad SMARTS) is 1. The average Bonchev–Trinajstić information content (AvgIpc) is 2.90. The summed E-state index contributed by atoms with van der Waals surface area (Å²) in [6.07, 6.45) is 10.1. The summed E-state index contributed by atoms with van der Waals surface area (Å²) in [7, 11) is 0. The Bertz CT molecular complexity index is 483. The van der Waals surface area contributed by atoms with E-state index in [0.29, 0.717) is 0 Å². The van der Waals surface area contributed by atoms with Crippen molar-refractivity contribution in [2.24, 2.45) is 0 Å². The Morgan fingerprint density at radius 2 is 2.10 bits per heavy atom. The predicted octanol–water partition coefficient (Wildman–Crippen LogP) is 2.87. The van der Waals surface area contributed by atoms with Crippen molar-refractivity contribution in [3.8, 4) is 0 Å². The summed E-state index contributed by atoms with van der Waals surface area (Å²) in [6, 6.07) is 0. The first-order valence-corrected chi connectivity index (χ1v) is 8.12. The summed E-state index contributed by atoms with van der Waals surface area (Å²) < 4.78 is 0. The molecule has 1 amide bonds. The molecule has 0 aromatic carbocycles. The van der Waals surface area contributed by atoms with Crippen LogP contribution in [0.25, 0.3) is 6.08 Å². The van der Waals surface area contributed by atoms with E-state index >= 15 is 0 Å². The molecule has 0 atom stereocenters. The monoisotopic (exact) mass is 310 g/mol. The van der Waals surface area contributed by atoms with Gasteiger partial charge in [0.25, 0.3) is 0 Å². The molecule has 0 unspecified atom stereocenters. The van der Waals surface area contributed by atoms with E-state index in [0.717, 1.165) is 23.5 Å². The lowest BCUT2D eigenvalue weighted by Crippen LogP contribution is -2.27. The van der Waals surface area contributed by atoms with Crippen molar-refractivity contribution in [3.05, 3.63) is 22.2 Å². The maximum Gasteiger partial charge on any atom is 0.322 e. The number of carbonyl (C=O) groups excluding carboxylic acids is 1. The topological polar surface area (TPSA) is 79.3 Å². The number of hydrogen-bond donors (Lipinski definition) is 2. The van der Waals surface area contributed by atoms with Gasteiger partial charge in [-0.15, -0.1) is 11.3 Å². The molecule has 0 aliphatic carbocycles. The van der Waals surface area contributed by atoms with Crippen LogP contribution in [-0.2, 0) is 16.0 Å². The first-order chi connectivity index (χ1) is 10.1. The third-order valence-corrected chi connectivity index (χ3v) is 3.81. The number of carbonyl (C=O) groups is 2. The summed E-state index contributed by atoms with van der Waals surface area (Å²) in [4.78, 5) is 26.0. The van der Waals surface area contributed by atoms with Gasteiger partial charge in [0.05, 0.1) is 10.7 Å². The Labute approximate surface area is 129 Å². The maximum atomic E-state index is 11.3. The first kappa shape index (κ1) is 17.4. The molecule has 0 aliphatic rings. The van der Waals surface area contributed by atoms with Gasteiger partial charge in [-0.25, -0.2) is 4.98 Å². The van der Waals surface area contributed by atoms with Crippen LogP contribution in [0.5, 0.6) is 0 Å². The second-order valence-electron chi connectivity index (χ2n) is 4.78. The van der Waals surface area contributed by atoms with Crippen molar-refractivity contribution >= 4 is 29.3 Å². The van der Waals surface area contributed by atoms with E-state index in [2.05, 4.69) is 17.2 Å². The summed E-state index contributed by atoms with van der Waals surface area (Å²) in [5.74, 6) is -1.48. The largest absolute Gasteiger partial charge is 0.480 e. The van der Waals surface area contributed by atoms with E-state index < -0.39 is 11.9 Å². The second kappa shape index (κ2) is 10.1. The van der Waals surface area contributed by atoms with Crippen LogP contribution >= 0.6 is 11.3 Å². The highest BCUT2D eigenvalue weighted by molar-refractivity contribution is 7.09. The number of aromatic nitrogens is 1. The van der Waals surface area contributed by atoms with Gasteiger partial charge in [-0.05, 0) is 18.9 Å². The number of unbranched alkanes of at least 4 members (excludes halogenated alkanes) is 4. The number of hydrogen-bond acceptors (Lipinski definition) is 4. The Morgan fingerprint density at radius 3 is 2.81 bits per heavy atom. The van der Waals surface area contributed by atoms with Crippen LogP contribution in [0, 0.1) is 0 Å². The molecule has 1 rings (SSSR count). The number of nitrogens with one attached hydrogen (secondary N) is 1. The van der Waals surface area contributed by atoms with Gasteiger partial charge < -0.3 is 10.4 Å². The zero-order chi connectivity index (χ0) is 15.5. The predicted molar refractivity (Wildman–Crippen MR) is 84.3 cm³/mol. The minimum Gasteiger partial charge on any atom is -0.480 e. The van der Waals surface area contributed by atoms with Crippen LogP contribution < -0.4 is 5.32 Å². The van der Waals surface area contributed by atoms with Gasteiger partial charge in [0.2, 0.25) is 5.91 Å². The highest BCUT2D eigenvalue weighted by Gasteiger charge is 2.02. The normalized spacial score (nSPS) is 10.9. The first-order valence-electron chi connectivity index (χ1n) is 7.24. The fourth-order valence-corrected chi connectivity index (χ4v) is 2.59. The number of nitrogens with zero attached hydrogens (tertiary/aromatic N) is 1. The van der Waals surface area contributed by atoms with Crippen LogP contribution in [0.1, 0.15) is 49.7 Å². The molecule has 0 spiro atoms. The van der Waals surface area contributed by atoms with E-state index in [1.165, 1.54) is 31.8 Å². The lowest BCUT2D eigenvalue weighted by atomic mass is 10.1. The smallest absolute Gasteiger partial charge is 0.322 e.